The van der Waals surface area contributed by atoms with E-state index >= 15 is 0 Å². The summed E-state index contributed by atoms with van der Waals surface area (Å²) in [5.41, 5.74) is 2.05. The molecule has 3 aromatic carbocycles. The van der Waals surface area contributed by atoms with E-state index in [9.17, 15) is 4.79 Å². The molecule has 172 valence electrons. The summed E-state index contributed by atoms with van der Waals surface area (Å²) >= 11 is 13.2. The van der Waals surface area contributed by atoms with E-state index < -0.39 is 5.54 Å². The van der Waals surface area contributed by atoms with Crippen LogP contribution in [0.3, 0.4) is 0 Å². The molecule has 0 atom stereocenters. The first-order valence-corrected chi connectivity index (χ1v) is 11.5. The zero-order valence-corrected chi connectivity index (χ0v) is 20.5. The number of halogens is 2. The van der Waals surface area contributed by atoms with Gasteiger partial charge in [-0.05, 0) is 56.3 Å². The number of benzene rings is 3. The molecule has 0 aliphatic carbocycles. The summed E-state index contributed by atoms with van der Waals surface area (Å²) in [7, 11) is 1.99. The molecule has 1 aliphatic rings. The second kappa shape index (κ2) is 9.64. The molecule has 7 heteroatoms. The SMILES string of the molecule is CN1CN(c2ccccc2)C(=O)N(C(C)(C)c2cc(Cl)c(OCc3ccccc3)c(Cl)c2)C1. The van der Waals surface area contributed by atoms with E-state index in [1.807, 2.05) is 98.6 Å². The standard InChI is InChI=1S/C26H27Cl2N3O2/c1-26(2,31-18-29(3)17-30(25(31)32)21-12-8-5-9-13-21)20-14-22(27)24(23(28)15-20)33-16-19-10-6-4-7-11-19/h4-15H,16-18H2,1-3H3. The maximum absolute atomic E-state index is 13.5. The van der Waals surface area contributed by atoms with Gasteiger partial charge in [-0.15, -0.1) is 0 Å². The van der Waals surface area contributed by atoms with E-state index in [-0.39, 0.29) is 6.03 Å². The van der Waals surface area contributed by atoms with Crippen LogP contribution in [0.25, 0.3) is 0 Å². The molecule has 0 radical (unpaired) electrons. The molecule has 1 saturated heterocycles. The highest BCUT2D eigenvalue weighted by atomic mass is 35.5. The summed E-state index contributed by atoms with van der Waals surface area (Å²) in [6, 6.07) is 23.1. The highest BCUT2D eigenvalue weighted by Gasteiger charge is 2.40. The van der Waals surface area contributed by atoms with Crippen molar-refractivity contribution in [1.29, 1.82) is 0 Å². The van der Waals surface area contributed by atoms with Crippen molar-refractivity contribution in [3.8, 4) is 5.75 Å². The third kappa shape index (κ3) is 4.96. The Morgan fingerprint density at radius 3 is 2.09 bits per heavy atom. The van der Waals surface area contributed by atoms with Gasteiger partial charge in [0.05, 0.1) is 28.9 Å². The Morgan fingerprint density at radius 1 is 0.909 bits per heavy atom. The quantitative estimate of drug-likeness (QED) is 0.396. The second-order valence-electron chi connectivity index (χ2n) is 8.72. The van der Waals surface area contributed by atoms with Crippen molar-refractivity contribution in [2.24, 2.45) is 0 Å². The molecule has 5 nitrogen and oxygen atoms in total. The minimum Gasteiger partial charge on any atom is -0.486 e. The lowest BCUT2D eigenvalue weighted by Crippen LogP contribution is -2.62. The number of hydrogen-bond donors (Lipinski definition) is 0. The largest absolute Gasteiger partial charge is 0.486 e. The van der Waals surface area contributed by atoms with Crippen LogP contribution < -0.4 is 9.64 Å². The van der Waals surface area contributed by atoms with Crippen LogP contribution in [0, 0.1) is 0 Å². The van der Waals surface area contributed by atoms with Crippen LogP contribution in [-0.2, 0) is 12.1 Å². The highest BCUT2D eigenvalue weighted by Crippen LogP contribution is 2.40. The third-order valence-corrected chi connectivity index (χ3v) is 6.46. The van der Waals surface area contributed by atoms with Crippen molar-refractivity contribution in [3.63, 3.8) is 0 Å². The van der Waals surface area contributed by atoms with Gasteiger partial charge in [-0.25, -0.2) is 4.79 Å². The van der Waals surface area contributed by atoms with Gasteiger partial charge in [0.25, 0.3) is 0 Å². The van der Waals surface area contributed by atoms with E-state index in [0.29, 0.717) is 35.7 Å². The molecule has 3 aromatic rings. The number of urea groups is 1. The van der Waals surface area contributed by atoms with Crippen LogP contribution in [-0.4, -0.2) is 36.2 Å². The second-order valence-corrected chi connectivity index (χ2v) is 9.53. The van der Waals surface area contributed by atoms with Gasteiger partial charge in [-0.3, -0.25) is 9.80 Å². The van der Waals surface area contributed by atoms with E-state index in [1.54, 1.807) is 4.90 Å². The summed E-state index contributed by atoms with van der Waals surface area (Å²) < 4.78 is 5.92. The van der Waals surface area contributed by atoms with Crippen LogP contribution in [0.4, 0.5) is 10.5 Å². The first-order valence-electron chi connectivity index (χ1n) is 10.8. The number of nitrogens with zero attached hydrogens (tertiary/aromatic N) is 3. The van der Waals surface area contributed by atoms with Crippen molar-refractivity contribution in [2.75, 3.05) is 25.3 Å². The third-order valence-electron chi connectivity index (χ3n) is 5.90. The first kappa shape index (κ1) is 23.4. The molecule has 0 unspecified atom stereocenters. The topological polar surface area (TPSA) is 36.0 Å². The Labute approximate surface area is 205 Å². The fourth-order valence-corrected chi connectivity index (χ4v) is 4.54. The minimum atomic E-state index is -0.663. The van der Waals surface area contributed by atoms with Gasteiger partial charge in [0.15, 0.2) is 5.75 Å². The number of hydrogen-bond acceptors (Lipinski definition) is 3. The lowest BCUT2D eigenvalue weighted by Gasteiger charge is -2.48. The monoisotopic (exact) mass is 483 g/mol. The molecule has 33 heavy (non-hydrogen) atoms. The maximum atomic E-state index is 13.5. The Hall–Kier alpha value is -2.73. The van der Waals surface area contributed by atoms with Crippen molar-refractivity contribution < 1.29 is 9.53 Å². The summed E-state index contributed by atoms with van der Waals surface area (Å²) in [4.78, 5) is 19.2. The van der Waals surface area contributed by atoms with Crippen LogP contribution in [0.2, 0.25) is 10.0 Å². The van der Waals surface area contributed by atoms with Gasteiger partial charge in [0, 0.05) is 5.69 Å². The Kier molecular flexibility index (Phi) is 6.84. The van der Waals surface area contributed by atoms with E-state index in [0.717, 1.165) is 16.8 Å². The molecule has 0 N–H and O–H groups in total. The molecular weight excluding hydrogens is 457 g/mol. The first-order chi connectivity index (χ1) is 15.8. The average molecular weight is 484 g/mol. The summed E-state index contributed by atoms with van der Waals surface area (Å²) in [6.07, 6.45) is 0. The summed E-state index contributed by atoms with van der Waals surface area (Å²) in [6.45, 7) is 5.36. The molecular formula is C26H27Cl2N3O2. The van der Waals surface area contributed by atoms with Gasteiger partial charge < -0.3 is 9.64 Å². The number of amides is 2. The zero-order valence-electron chi connectivity index (χ0n) is 19.0. The molecule has 0 bridgehead atoms. The van der Waals surface area contributed by atoms with E-state index in [2.05, 4.69) is 4.90 Å². The summed E-state index contributed by atoms with van der Waals surface area (Å²) in [5.74, 6) is 0.440. The molecule has 0 spiro atoms. The van der Waals surface area contributed by atoms with Crippen LogP contribution in [0.1, 0.15) is 25.0 Å². The predicted octanol–water partition coefficient (Wildman–Crippen LogP) is 6.60. The van der Waals surface area contributed by atoms with Gasteiger partial charge in [-0.2, -0.15) is 0 Å². The smallest absolute Gasteiger partial charge is 0.327 e. The van der Waals surface area contributed by atoms with Gasteiger partial charge in [-0.1, -0.05) is 71.7 Å². The number of anilines is 1. The van der Waals surface area contributed by atoms with E-state index in [1.165, 1.54) is 0 Å². The molecule has 0 aromatic heterocycles. The average Bonchev–Trinajstić information content (AvgIpc) is 2.81. The molecule has 1 aliphatic heterocycles. The Balaban J connectivity index is 1.60. The van der Waals surface area contributed by atoms with Gasteiger partial charge in [0.1, 0.15) is 6.61 Å². The lowest BCUT2D eigenvalue weighted by atomic mass is 9.92. The lowest BCUT2D eigenvalue weighted by molar-refractivity contribution is 0.0667. The molecule has 0 saturated carbocycles. The van der Waals surface area contributed by atoms with Crippen molar-refractivity contribution in [3.05, 3.63) is 94.0 Å². The molecule has 1 fully saturated rings. The van der Waals surface area contributed by atoms with Crippen LogP contribution in [0.5, 0.6) is 5.75 Å². The van der Waals surface area contributed by atoms with Crippen LogP contribution >= 0.6 is 23.2 Å². The van der Waals surface area contributed by atoms with Crippen molar-refractivity contribution >= 4 is 34.9 Å². The minimum absolute atomic E-state index is 0.0686. The molecule has 1 heterocycles. The predicted molar refractivity (Wildman–Crippen MR) is 134 cm³/mol. The molecule has 4 rings (SSSR count). The summed E-state index contributed by atoms with van der Waals surface area (Å²) in [5, 5.41) is 0.832. The fraction of sp³-hybridized carbons (Fsp3) is 0.269. The molecule has 2 amide bonds. The number of carbonyl (C=O) groups excluding carboxylic acids is 1. The number of para-hydroxylation sites is 1. The number of carbonyl (C=O) groups is 1. The Bertz CT molecular complexity index is 1100. The normalized spacial score (nSPS) is 15.1. The highest BCUT2D eigenvalue weighted by molar-refractivity contribution is 6.37. The number of rotatable bonds is 6. The maximum Gasteiger partial charge on any atom is 0.327 e. The van der Waals surface area contributed by atoms with Gasteiger partial charge in [0.2, 0.25) is 0 Å². The zero-order chi connectivity index (χ0) is 23.6. The van der Waals surface area contributed by atoms with Gasteiger partial charge >= 0.3 is 6.03 Å². The number of ether oxygens (including phenoxy) is 1. The Morgan fingerprint density at radius 2 is 1.48 bits per heavy atom. The van der Waals surface area contributed by atoms with Crippen LogP contribution in [0.15, 0.2) is 72.8 Å². The fourth-order valence-electron chi connectivity index (χ4n) is 3.95. The van der Waals surface area contributed by atoms with Crippen molar-refractivity contribution in [2.45, 2.75) is 26.0 Å². The van der Waals surface area contributed by atoms with Crippen molar-refractivity contribution in [1.82, 2.24) is 9.80 Å². The van der Waals surface area contributed by atoms with E-state index in [4.69, 9.17) is 27.9 Å².